The summed E-state index contributed by atoms with van der Waals surface area (Å²) < 4.78 is 10.0. The summed E-state index contributed by atoms with van der Waals surface area (Å²) >= 11 is 5.64. The molecule has 0 aliphatic heterocycles. The number of benzene rings is 3. The van der Waals surface area contributed by atoms with Gasteiger partial charge in [-0.2, -0.15) is 9.78 Å². The summed E-state index contributed by atoms with van der Waals surface area (Å²) in [6.45, 7) is 1.62. The molecule has 1 atom stereocenters. The average molecular weight is 420 g/mol. The fraction of sp³-hybridized carbons (Fsp3) is 0.250. The van der Waals surface area contributed by atoms with Crippen LogP contribution in [0.2, 0.25) is 0 Å². The molecule has 3 aromatic carbocycles. The van der Waals surface area contributed by atoms with Crippen LogP contribution in [0.15, 0.2) is 66.7 Å². The summed E-state index contributed by atoms with van der Waals surface area (Å²) in [4.78, 5) is 1.32. The molecule has 4 aromatic rings. The summed E-state index contributed by atoms with van der Waals surface area (Å²) in [5.74, 6) is 1.87. The average Bonchev–Trinajstić information content (AvgIpc) is 3.01. The molecule has 4 rings (SSSR count). The Labute approximate surface area is 182 Å². The van der Waals surface area contributed by atoms with Crippen molar-refractivity contribution in [2.24, 2.45) is 7.05 Å². The van der Waals surface area contributed by atoms with Gasteiger partial charge in [0.2, 0.25) is 4.77 Å². The van der Waals surface area contributed by atoms with Crippen molar-refractivity contribution in [1.82, 2.24) is 14.3 Å². The van der Waals surface area contributed by atoms with E-state index in [4.69, 9.17) is 22.1 Å². The van der Waals surface area contributed by atoms with Crippen LogP contribution >= 0.6 is 12.2 Å². The minimum Gasteiger partial charge on any atom is -0.497 e. The van der Waals surface area contributed by atoms with Crippen LogP contribution in [-0.4, -0.2) is 28.5 Å². The highest BCUT2D eigenvalue weighted by Gasteiger charge is 2.12. The van der Waals surface area contributed by atoms with Crippen molar-refractivity contribution in [3.05, 3.63) is 88.5 Å². The van der Waals surface area contributed by atoms with Gasteiger partial charge < -0.3 is 14.2 Å². The van der Waals surface area contributed by atoms with Gasteiger partial charge in [0.05, 0.1) is 14.2 Å². The molecule has 0 radical (unpaired) electrons. The van der Waals surface area contributed by atoms with Gasteiger partial charge >= 0.3 is 0 Å². The third kappa shape index (κ3) is 4.45. The molecular weight excluding hydrogens is 392 g/mol. The van der Waals surface area contributed by atoms with Crippen molar-refractivity contribution in [3.63, 3.8) is 0 Å². The summed E-state index contributed by atoms with van der Waals surface area (Å²) in [5.41, 5.74) is 2.53. The van der Waals surface area contributed by atoms with Gasteiger partial charge in [-0.15, -0.1) is 0 Å². The molecule has 0 aliphatic carbocycles. The quantitative estimate of drug-likeness (QED) is 0.467. The van der Waals surface area contributed by atoms with E-state index in [9.17, 15) is 0 Å². The molecule has 0 spiro atoms. The van der Waals surface area contributed by atoms with Crippen LogP contribution in [0.4, 0.5) is 0 Å². The largest absolute Gasteiger partial charge is 0.497 e. The first-order chi connectivity index (χ1) is 14.5. The van der Waals surface area contributed by atoms with Crippen LogP contribution in [0, 0.1) is 4.77 Å². The van der Waals surface area contributed by atoms with E-state index in [0.717, 1.165) is 36.0 Å². The summed E-state index contributed by atoms with van der Waals surface area (Å²) in [6, 6.07) is 23.1. The molecule has 6 heteroatoms. The smallest absolute Gasteiger partial charge is 0.202 e. The maximum atomic E-state index is 5.64. The molecule has 0 amide bonds. The van der Waals surface area contributed by atoms with Crippen molar-refractivity contribution in [3.8, 4) is 5.75 Å². The highest BCUT2D eigenvalue weighted by Crippen LogP contribution is 2.21. The maximum absolute atomic E-state index is 5.64. The van der Waals surface area contributed by atoms with Gasteiger partial charge in [-0.05, 0) is 46.8 Å². The lowest BCUT2D eigenvalue weighted by Crippen LogP contribution is -3.07. The van der Waals surface area contributed by atoms with Crippen molar-refractivity contribution >= 4 is 23.0 Å². The van der Waals surface area contributed by atoms with E-state index in [0.29, 0.717) is 0 Å². The van der Waals surface area contributed by atoms with Crippen LogP contribution in [0.3, 0.4) is 0 Å². The third-order valence-corrected chi connectivity index (χ3v) is 5.86. The molecule has 0 aliphatic rings. The lowest BCUT2D eigenvalue weighted by atomic mass is 10.1. The molecule has 0 fully saturated rings. The fourth-order valence-electron chi connectivity index (χ4n) is 3.74. The third-order valence-electron chi connectivity index (χ3n) is 5.37. The Kier molecular flexibility index (Phi) is 5.97. The van der Waals surface area contributed by atoms with Gasteiger partial charge in [-0.3, -0.25) is 0 Å². The number of nitrogens with one attached hydrogen (secondary N) is 1. The molecular formula is C24H27N4OS+. The molecule has 5 nitrogen and oxygen atoms in total. The highest BCUT2D eigenvalue weighted by molar-refractivity contribution is 7.71. The first-order valence-corrected chi connectivity index (χ1v) is 10.5. The Hall–Kier alpha value is -2.96. The number of methoxy groups -OCH3 is 1. The number of nitrogens with zero attached hydrogens (tertiary/aromatic N) is 3. The second-order valence-corrected chi connectivity index (χ2v) is 8.12. The zero-order valence-corrected chi connectivity index (χ0v) is 18.4. The Morgan fingerprint density at radius 3 is 2.47 bits per heavy atom. The van der Waals surface area contributed by atoms with Gasteiger partial charge in [0, 0.05) is 19.0 Å². The lowest BCUT2D eigenvalue weighted by Gasteiger charge is -2.14. The van der Waals surface area contributed by atoms with E-state index in [1.165, 1.54) is 26.8 Å². The number of hydrogen-bond acceptors (Lipinski definition) is 3. The number of ether oxygens (including phenoxy) is 1. The molecule has 0 bridgehead atoms. The molecule has 0 saturated carbocycles. The fourth-order valence-corrected chi connectivity index (χ4v) is 3.95. The van der Waals surface area contributed by atoms with E-state index in [2.05, 4.69) is 61.6 Å². The zero-order valence-electron chi connectivity index (χ0n) is 17.6. The van der Waals surface area contributed by atoms with Gasteiger partial charge in [-0.25, -0.2) is 0 Å². The van der Waals surface area contributed by atoms with Crippen LogP contribution in [0.25, 0.3) is 10.8 Å². The van der Waals surface area contributed by atoms with E-state index >= 15 is 0 Å². The lowest BCUT2D eigenvalue weighted by molar-refractivity contribution is -0.917. The second kappa shape index (κ2) is 8.81. The van der Waals surface area contributed by atoms with Gasteiger partial charge in [0.25, 0.3) is 0 Å². The standard InChI is InChI=1S/C24H26N4OS/c1-26(16-19-9-10-21-15-22(29-3)12-11-20(21)13-19)17-28-24(30)27(2)23(25-28)14-18-7-5-4-6-8-18/h4-13,15H,14,16-17H2,1-3H3/p+1. The van der Waals surface area contributed by atoms with Crippen molar-refractivity contribution in [2.75, 3.05) is 14.2 Å². The molecule has 1 heterocycles. The monoisotopic (exact) mass is 419 g/mol. The molecule has 1 unspecified atom stereocenters. The molecule has 30 heavy (non-hydrogen) atoms. The Morgan fingerprint density at radius 1 is 0.967 bits per heavy atom. The van der Waals surface area contributed by atoms with Crippen molar-refractivity contribution in [2.45, 2.75) is 19.6 Å². The van der Waals surface area contributed by atoms with Gasteiger partial charge in [0.1, 0.15) is 18.1 Å². The number of aromatic nitrogens is 3. The van der Waals surface area contributed by atoms with E-state index in [-0.39, 0.29) is 0 Å². The summed E-state index contributed by atoms with van der Waals surface area (Å²) in [5, 5.41) is 7.21. The van der Waals surface area contributed by atoms with Crippen molar-refractivity contribution < 1.29 is 9.64 Å². The number of quaternary nitrogens is 1. The first-order valence-electron chi connectivity index (χ1n) is 10.1. The van der Waals surface area contributed by atoms with Crippen molar-refractivity contribution in [1.29, 1.82) is 0 Å². The highest BCUT2D eigenvalue weighted by atomic mass is 32.1. The predicted molar refractivity (Wildman–Crippen MR) is 122 cm³/mol. The van der Waals surface area contributed by atoms with Gasteiger partial charge in [0.15, 0.2) is 6.67 Å². The van der Waals surface area contributed by atoms with Crippen LogP contribution in [-0.2, 0) is 26.7 Å². The predicted octanol–water partition coefficient (Wildman–Crippen LogP) is 3.38. The Balaban J connectivity index is 1.47. The van der Waals surface area contributed by atoms with E-state index < -0.39 is 0 Å². The molecule has 1 N–H and O–H groups in total. The van der Waals surface area contributed by atoms with E-state index in [1.807, 2.05) is 28.4 Å². The molecule has 154 valence electrons. The van der Waals surface area contributed by atoms with Gasteiger partial charge in [-0.1, -0.05) is 48.5 Å². The minimum absolute atomic E-state index is 0.724. The van der Waals surface area contributed by atoms with Crippen LogP contribution in [0.5, 0.6) is 5.75 Å². The normalized spacial score (nSPS) is 12.2. The topological polar surface area (TPSA) is 36.4 Å². The maximum Gasteiger partial charge on any atom is 0.202 e. The number of hydrogen-bond donors (Lipinski definition) is 1. The molecule has 0 saturated heterocycles. The summed E-state index contributed by atoms with van der Waals surface area (Å²) in [6.07, 6.45) is 0.779. The Bertz CT molecular complexity index is 1210. The SMILES string of the molecule is COc1ccc2cc(C[NH+](C)Cn3nc(Cc4ccccc4)n(C)c3=S)ccc2c1. The minimum atomic E-state index is 0.724. The van der Waals surface area contributed by atoms with Crippen LogP contribution < -0.4 is 9.64 Å². The number of rotatable bonds is 7. The molecule has 1 aromatic heterocycles. The van der Waals surface area contributed by atoms with E-state index in [1.54, 1.807) is 7.11 Å². The van der Waals surface area contributed by atoms with Crippen LogP contribution in [0.1, 0.15) is 17.0 Å². The number of fused-ring (bicyclic) bond motifs is 1. The summed E-state index contributed by atoms with van der Waals surface area (Å²) in [7, 11) is 5.87. The first kappa shape index (κ1) is 20.3. The Morgan fingerprint density at radius 2 is 1.70 bits per heavy atom. The second-order valence-electron chi connectivity index (χ2n) is 7.76. The zero-order chi connectivity index (χ0) is 21.1.